The van der Waals surface area contributed by atoms with Crippen LogP contribution in [-0.2, 0) is 19.1 Å². The first kappa shape index (κ1) is 22.2. The molecular weight excluding hydrogens is 416 g/mol. The summed E-state index contributed by atoms with van der Waals surface area (Å²) in [5, 5.41) is 14.6. The first-order valence-electron chi connectivity index (χ1n) is 10.7. The van der Waals surface area contributed by atoms with Crippen LogP contribution in [-0.4, -0.2) is 35.4 Å². The summed E-state index contributed by atoms with van der Waals surface area (Å²) in [5.41, 5.74) is 5.10. The van der Waals surface area contributed by atoms with Gasteiger partial charge in [-0.2, -0.15) is 10.2 Å². The van der Waals surface area contributed by atoms with Crippen molar-refractivity contribution in [2.45, 2.75) is 39.8 Å². The molecule has 0 atom stereocenters. The van der Waals surface area contributed by atoms with Gasteiger partial charge in [0.25, 0.3) is 5.91 Å². The van der Waals surface area contributed by atoms with Crippen molar-refractivity contribution < 1.29 is 4.79 Å². The van der Waals surface area contributed by atoms with Gasteiger partial charge in [-0.15, -0.1) is 0 Å². The van der Waals surface area contributed by atoms with Crippen LogP contribution in [0.3, 0.4) is 0 Å². The van der Waals surface area contributed by atoms with Crippen molar-refractivity contribution in [2.24, 2.45) is 7.05 Å². The van der Waals surface area contributed by atoms with E-state index in [4.69, 9.17) is 0 Å². The Labute approximate surface area is 192 Å². The highest BCUT2D eigenvalue weighted by atomic mass is 16.1. The molecule has 2 N–H and O–H groups in total. The SMILES string of the molecule is Cc1cc(-c2ccnc(Nc3cnn(C)c3)n2)ccc1CNC(=O)c1cnn(C(C)(C)C)c1. The normalized spacial score (nSPS) is 11.4. The van der Waals surface area contributed by atoms with E-state index >= 15 is 0 Å². The van der Waals surface area contributed by atoms with Gasteiger partial charge in [-0.1, -0.05) is 12.1 Å². The van der Waals surface area contributed by atoms with Crippen LogP contribution in [0.15, 0.2) is 55.2 Å². The number of aromatic nitrogens is 6. The molecule has 33 heavy (non-hydrogen) atoms. The molecule has 1 aromatic carbocycles. The minimum atomic E-state index is -0.167. The lowest BCUT2D eigenvalue weighted by Gasteiger charge is -2.18. The highest BCUT2D eigenvalue weighted by Crippen LogP contribution is 2.22. The molecule has 0 aliphatic carbocycles. The highest BCUT2D eigenvalue weighted by Gasteiger charge is 2.17. The molecule has 0 unspecified atom stereocenters. The Hall–Kier alpha value is -4.01. The number of carbonyl (C=O) groups is 1. The van der Waals surface area contributed by atoms with Gasteiger partial charge in [0.15, 0.2) is 0 Å². The maximum Gasteiger partial charge on any atom is 0.254 e. The first-order chi connectivity index (χ1) is 15.7. The minimum Gasteiger partial charge on any atom is -0.348 e. The lowest BCUT2D eigenvalue weighted by Crippen LogP contribution is -2.24. The zero-order chi connectivity index (χ0) is 23.6. The van der Waals surface area contributed by atoms with Gasteiger partial charge in [-0.25, -0.2) is 9.97 Å². The van der Waals surface area contributed by atoms with E-state index in [1.165, 1.54) is 0 Å². The van der Waals surface area contributed by atoms with E-state index in [9.17, 15) is 4.79 Å². The van der Waals surface area contributed by atoms with Gasteiger partial charge in [0.05, 0.1) is 34.9 Å². The standard InChI is InChI=1S/C24H28N8O/c1-16-10-17(21-8-9-25-23(30-21)29-20-13-27-31(5)15-20)6-7-18(16)11-26-22(33)19-12-28-32(14-19)24(2,3)4/h6-10,12-15H,11H2,1-5H3,(H,26,33)(H,25,29,30). The average Bonchev–Trinajstić information content (AvgIpc) is 3.42. The van der Waals surface area contributed by atoms with Crippen molar-refractivity contribution in [3.05, 3.63) is 71.9 Å². The molecule has 0 spiro atoms. The average molecular weight is 445 g/mol. The van der Waals surface area contributed by atoms with Gasteiger partial charge in [-0.3, -0.25) is 14.2 Å². The third-order valence-corrected chi connectivity index (χ3v) is 5.23. The Kier molecular flexibility index (Phi) is 5.95. The lowest BCUT2D eigenvalue weighted by molar-refractivity contribution is 0.0950. The summed E-state index contributed by atoms with van der Waals surface area (Å²) in [7, 11) is 1.86. The van der Waals surface area contributed by atoms with Gasteiger partial charge in [-0.05, 0) is 51.0 Å². The van der Waals surface area contributed by atoms with E-state index in [0.717, 1.165) is 28.1 Å². The van der Waals surface area contributed by atoms with E-state index in [1.54, 1.807) is 34.2 Å². The molecule has 0 aliphatic rings. The fourth-order valence-corrected chi connectivity index (χ4v) is 3.33. The minimum absolute atomic E-state index is 0.143. The van der Waals surface area contributed by atoms with Crippen molar-refractivity contribution in [3.63, 3.8) is 0 Å². The lowest BCUT2D eigenvalue weighted by atomic mass is 10.0. The third-order valence-electron chi connectivity index (χ3n) is 5.23. The van der Waals surface area contributed by atoms with Gasteiger partial charge in [0, 0.05) is 37.7 Å². The second-order valence-electron chi connectivity index (χ2n) is 8.96. The number of benzene rings is 1. The molecule has 0 bridgehead atoms. The predicted octanol–water partition coefficient (Wildman–Crippen LogP) is 3.81. The summed E-state index contributed by atoms with van der Waals surface area (Å²) < 4.78 is 3.50. The molecule has 3 aromatic heterocycles. The zero-order valence-electron chi connectivity index (χ0n) is 19.5. The Bertz CT molecular complexity index is 1280. The number of anilines is 2. The predicted molar refractivity (Wildman–Crippen MR) is 127 cm³/mol. The zero-order valence-corrected chi connectivity index (χ0v) is 19.5. The van der Waals surface area contributed by atoms with E-state index in [1.807, 2.05) is 59.1 Å². The van der Waals surface area contributed by atoms with Crippen LogP contribution in [0.4, 0.5) is 11.6 Å². The molecule has 1 amide bonds. The van der Waals surface area contributed by atoms with Crippen LogP contribution in [0.2, 0.25) is 0 Å². The summed E-state index contributed by atoms with van der Waals surface area (Å²) in [6.07, 6.45) is 8.68. The largest absolute Gasteiger partial charge is 0.348 e. The Morgan fingerprint density at radius 2 is 1.91 bits per heavy atom. The number of amides is 1. The van der Waals surface area contributed by atoms with E-state index in [0.29, 0.717) is 18.1 Å². The van der Waals surface area contributed by atoms with Crippen LogP contribution in [0.1, 0.15) is 42.3 Å². The number of carbonyl (C=O) groups excluding carboxylic acids is 1. The number of hydrogen-bond donors (Lipinski definition) is 2. The summed E-state index contributed by atoms with van der Waals surface area (Å²) in [6, 6.07) is 7.95. The van der Waals surface area contributed by atoms with Gasteiger partial charge in [0.2, 0.25) is 5.95 Å². The molecule has 3 heterocycles. The first-order valence-corrected chi connectivity index (χ1v) is 10.7. The summed E-state index contributed by atoms with van der Waals surface area (Å²) in [4.78, 5) is 21.5. The molecule has 0 saturated carbocycles. The second kappa shape index (κ2) is 8.85. The Balaban J connectivity index is 1.43. The number of nitrogens with one attached hydrogen (secondary N) is 2. The van der Waals surface area contributed by atoms with Crippen LogP contribution in [0.5, 0.6) is 0 Å². The summed E-state index contributed by atoms with van der Waals surface area (Å²) in [6.45, 7) is 8.59. The fourth-order valence-electron chi connectivity index (χ4n) is 3.33. The monoisotopic (exact) mass is 444 g/mol. The van der Waals surface area contributed by atoms with Crippen LogP contribution < -0.4 is 10.6 Å². The summed E-state index contributed by atoms with van der Waals surface area (Å²) >= 11 is 0. The molecule has 170 valence electrons. The molecule has 9 heteroatoms. The Morgan fingerprint density at radius 3 is 2.58 bits per heavy atom. The van der Waals surface area contributed by atoms with Crippen molar-refractivity contribution >= 4 is 17.5 Å². The quantitative estimate of drug-likeness (QED) is 0.469. The van der Waals surface area contributed by atoms with Crippen molar-refractivity contribution in [2.75, 3.05) is 5.32 Å². The maximum atomic E-state index is 12.6. The molecule has 0 radical (unpaired) electrons. The number of nitrogens with zero attached hydrogens (tertiary/aromatic N) is 6. The van der Waals surface area contributed by atoms with E-state index < -0.39 is 0 Å². The number of aryl methyl sites for hydroxylation is 2. The fraction of sp³-hybridized carbons (Fsp3) is 0.292. The molecule has 0 aliphatic heterocycles. The smallest absolute Gasteiger partial charge is 0.254 e. The Morgan fingerprint density at radius 1 is 1.09 bits per heavy atom. The van der Waals surface area contributed by atoms with Crippen LogP contribution in [0, 0.1) is 6.92 Å². The van der Waals surface area contributed by atoms with Gasteiger partial charge >= 0.3 is 0 Å². The number of rotatable bonds is 6. The molecule has 4 aromatic rings. The molecular formula is C24H28N8O. The van der Waals surface area contributed by atoms with Crippen molar-refractivity contribution in [1.29, 1.82) is 0 Å². The van der Waals surface area contributed by atoms with Crippen LogP contribution in [0.25, 0.3) is 11.3 Å². The van der Waals surface area contributed by atoms with Crippen LogP contribution >= 0.6 is 0 Å². The topological polar surface area (TPSA) is 103 Å². The van der Waals surface area contributed by atoms with Crippen molar-refractivity contribution in [1.82, 2.24) is 34.8 Å². The van der Waals surface area contributed by atoms with Gasteiger partial charge in [0.1, 0.15) is 0 Å². The maximum absolute atomic E-state index is 12.6. The molecule has 0 saturated heterocycles. The van der Waals surface area contributed by atoms with E-state index in [-0.39, 0.29) is 11.4 Å². The van der Waals surface area contributed by atoms with Crippen molar-refractivity contribution in [3.8, 4) is 11.3 Å². The molecule has 0 fully saturated rings. The van der Waals surface area contributed by atoms with Gasteiger partial charge < -0.3 is 10.6 Å². The molecule has 9 nitrogen and oxygen atoms in total. The second-order valence-corrected chi connectivity index (χ2v) is 8.96. The third kappa shape index (κ3) is 5.25. The van der Waals surface area contributed by atoms with E-state index in [2.05, 4.69) is 36.9 Å². The summed E-state index contributed by atoms with van der Waals surface area (Å²) in [5.74, 6) is 0.362. The highest BCUT2D eigenvalue weighted by molar-refractivity contribution is 5.93. The molecule has 4 rings (SSSR count). The number of hydrogen-bond acceptors (Lipinski definition) is 6.